The fourth-order valence-electron chi connectivity index (χ4n) is 8.48. The van der Waals surface area contributed by atoms with Crippen molar-refractivity contribution in [3.8, 4) is 5.75 Å². The lowest BCUT2D eigenvalue weighted by Gasteiger charge is -2.52. The van der Waals surface area contributed by atoms with Gasteiger partial charge in [-0.3, -0.25) is 9.69 Å². The van der Waals surface area contributed by atoms with E-state index in [0.717, 1.165) is 68.4 Å². The summed E-state index contributed by atoms with van der Waals surface area (Å²) in [5.74, 6) is 1.70. The van der Waals surface area contributed by atoms with Gasteiger partial charge in [0.2, 0.25) is 5.91 Å². The number of ether oxygens (including phenoxy) is 2. The van der Waals surface area contributed by atoms with Gasteiger partial charge in [-0.25, -0.2) is 0 Å². The number of rotatable bonds is 12. The molecule has 1 aromatic rings. The van der Waals surface area contributed by atoms with Crippen LogP contribution >= 0.6 is 0 Å². The highest BCUT2D eigenvalue weighted by Crippen LogP contribution is 2.62. The highest BCUT2D eigenvalue weighted by molar-refractivity contribution is 5.78. The van der Waals surface area contributed by atoms with E-state index in [4.69, 9.17) is 4.74 Å². The maximum Gasteiger partial charge on any atom is 0.435 e. The van der Waals surface area contributed by atoms with Crippen LogP contribution in [-0.2, 0) is 16.0 Å². The van der Waals surface area contributed by atoms with Gasteiger partial charge in [-0.15, -0.1) is 0 Å². The topological polar surface area (TPSA) is 42.0 Å². The predicted octanol–water partition coefficient (Wildman–Crippen LogP) is 8.31. The molecule has 3 aliphatic rings. The van der Waals surface area contributed by atoms with Gasteiger partial charge in [0.1, 0.15) is 5.75 Å². The number of nitrogens with zero attached hydrogens (tertiary/aromatic N) is 2. The molecule has 5 unspecified atom stereocenters. The molecule has 0 heterocycles. The van der Waals surface area contributed by atoms with E-state index in [-0.39, 0.29) is 11.5 Å². The molecule has 0 saturated heterocycles. The molecule has 2 fully saturated rings. The minimum absolute atomic E-state index is 0.126. The van der Waals surface area contributed by atoms with Gasteiger partial charge in [0, 0.05) is 19.6 Å². The van der Waals surface area contributed by atoms with Crippen LogP contribution in [-0.4, -0.2) is 86.3 Å². The minimum atomic E-state index is -6.79. The van der Waals surface area contributed by atoms with E-state index in [0.29, 0.717) is 24.4 Å². The molecule has 0 N–H and O–H groups in total. The van der Waals surface area contributed by atoms with Crippen molar-refractivity contribution in [2.45, 2.75) is 108 Å². The van der Waals surface area contributed by atoms with Crippen LogP contribution in [0.15, 0.2) is 18.2 Å². The van der Waals surface area contributed by atoms with Crippen molar-refractivity contribution in [3.63, 3.8) is 0 Å². The molecule has 5 atom stereocenters. The number of hydrogen-bond donors (Lipinski definition) is 0. The standard InChI is InChI=1S/C33H45F9N2O3/c1-5-6-7-17-46-22-9-11-23-21(19-22)8-10-25-24(23)14-15-29(2)26(25)12-13-27(29)44(4)28(45)20-43(3)16-18-47-30(31(34,35)36,32(37,38)39)33(40,41)42/h9,11,19,24-27H,5-8,10,12-18,20H2,1-4H3. The maximum atomic E-state index is 13.3. The molecule has 0 aromatic heterocycles. The van der Waals surface area contributed by atoms with Gasteiger partial charge in [0.05, 0.1) is 19.8 Å². The molecule has 0 aliphatic heterocycles. The van der Waals surface area contributed by atoms with Crippen LogP contribution < -0.4 is 4.74 Å². The molecule has 1 amide bonds. The summed E-state index contributed by atoms with van der Waals surface area (Å²) in [7, 11) is 2.87. The quantitative estimate of drug-likeness (QED) is 0.164. The number of carbonyl (C=O) groups is 1. The lowest BCUT2D eigenvalue weighted by molar-refractivity contribution is -0.457. The SMILES string of the molecule is CCCCCOc1ccc2c(c1)CCC1C2CCC2(C)C1CCC2N(C)C(=O)CN(C)CCOC(C(F)(F)F)(C(F)(F)F)C(F)(F)F. The van der Waals surface area contributed by atoms with Crippen LogP contribution in [0, 0.1) is 17.3 Å². The lowest BCUT2D eigenvalue weighted by atomic mass is 9.55. The number of benzene rings is 1. The van der Waals surface area contributed by atoms with Crippen LogP contribution in [0.5, 0.6) is 5.75 Å². The number of likely N-dealkylation sites (N-methyl/N-ethyl adjacent to an activating group) is 2. The van der Waals surface area contributed by atoms with Gasteiger partial charge >= 0.3 is 24.1 Å². The van der Waals surface area contributed by atoms with E-state index >= 15 is 0 Å². The zero-order valence-electron chi connectivity index (χ0n) is 27.3. The third-order valence-corrected chi connectivity index (χ3v) is 10.9. The summed E-state index contributed by atoms with van der Waals surface area (Å²) in [5.41, 5.74) is -3.81. The average molecular weight is 689 g/mol. The second-order valence-electron chi connectivity index (χ2n) is 13.7. The van der Waals surface area contributed by atoms with E-state index in [1.54, 1.807) is 11.9 Å². The zero-order chi connectivity index (χ0) is 35.0. The van der Waals surface area contributed by atoms with Crippen LogP contribution in [0.3, 0.4) is 0 Å². The first-order valence-corrected chi connectivity index (χ1v) is 16.3. The number of fused-ring (bicyclic) bond motifs is 5. The first-order chi connectivity index (χ1) is 21.8. The molecular formula is C33H45F9N2O3. The fraction of sp³-hybridized carbons (Fsp3) is 0.788. The summed E-state index contributed by atoms with van der Waals surface area (Å²) in [6.45, 7) is 2.33. The van der Waals surface area contributed by atoms with E-state index in [1.807, 2.05) is 0 Å². The Bertz CT molecular complexity index is 1200. The van der Waals surface area contributed by atoms with Crippen molar-refractivity contribution in [3.05, 3.63) is 29.3 Å². The third-order valence-electron chi connectivity index (χ3n) is 10.9. The Kier molecular flexibility index (Phi) is 11.2. The Hall–Kier alpha value is -2.22. The molecular weight excluding hydrogens is 643 g/mol. The summed E-state index contributed by atoms with van der Waals surface area (Å²) >= 11 is 0. The molecule has 0 radical (unpaired) electrons. The summed E-state index contributed by atoms with van der Waals surface area (Å²) in [6, 6.07) is 6.31. The van der Waals surface area contributed by atoms with Crippen LogP contribution in [0.1, 0.15) is 82.3 Å². The highest BCUT2D eigenvalue weighted by Gasteiger charge is 2.85. The fourth-order valence-corrected chi connectivity index (χ4v) is 8.48. The Labute approximate surface area is 270 Å². The maximum absolute atomic E-state index is 13.3. The second-order valence-corrected chi connectivity index (χ2v) is 13.7. The van der Waals surface area contributed by atoms with Crippen LogP contribution in [0.4, 0.5) is 39.5 Å². The molecule has 4 rings (SSSR count). The summed E-state index contributed by atoms with van der Waals surface area (Å²) in [5, 5.41) is 0. The summed E-state index contributed by atoms with van der Waals surface area (Å²) < 4.78 is 128. The monoisotopic (exact) mass is 688 g/mol. The van der Waals surface area contributed by atoms with Crippen LogP contribution in [0.25, 0.3) is 0 Å². The Morgan fingerprint density at radius 1 is 0.915 bits per heavy atom. The van der Waals surface area contributed by atoms with E-state index in [9.17, 15) is 44.3 Å². The largest absolute Gasteiger partial charge is 0.494 e. The van der Waals surface area contributed by atoms with Gasteiger partial charge in [-0.05, 0) is 98.4 Å². The zero-order valence-corrected chi connectivity index (χ0v) is 27.3. The van der Waals surface area contributed by atoms with Crippen molar-refractivity contribution < 1.29 is 53.8 Å². The van der Waals surface area contributed by atoms with Gasteiger partial charge in [0.15, 0.2) is 0 Å². The Morgan fingerprint density at radius 3 is 2.19 bits per heavy atom. The molecule has 0 bridgehead atoms. The molecule has 268 valence electrons. The van der Waals surface area contributed by atoms with Gasteiger partial charge < -0.3 is 14.4 Å². The molecule has 1 aromatic carbocycles. The smallest absolute Gasteiger partial charge is 0.435 e. The molecule has 3 aliphatic carbocycles. The normalized spacial score (nSPS) is 26.5. The third kappa shape index (κ3) is 7.23. The van der Waals surface area contributed by atoms with Crippen molar-refractivity contribution in [1.29, 1.82) is 0 Å². The number of hydrogen-bond acceptors (Lipinski definition) is 4. The first kappa shape index (κ1) is 37.6. The Balaban J connectivity index is 1.36. The number of unbranched alkanes of at least 4 members (excludes halogenated alkanes) is 2. The second kappa shape index (κ2) is 14.0. The lowest BCUT2D eigenvalue weighted by Crippen LogP contribution is -2.68. The van der Waals surface area contributed by atoms with Crippen LogP contribution in [0.2, 0.25) is 0 Å². The Morgan fingerprint density at radius 2 is 1.57 bits per heavy atom. The molecule has 47 heavy (non-hydrogen) atoms. The molecule has 14 heteroatoms. The number of amides is 1. The van der Waals surface area contributed by atoms with E-state index in [1.165, 1.54) is 18.2 Å². The molecule has 0 spiro atoms. The van der Waals surface area contributed by atoms with Crippen molar-refractivity contribution in [2.75, 3.05) is 40.4 Å². The van der Waals surface area contributed by atoms with Crippen molar-refractivity contribution >= 4 is 5.91 Å². The molecule has 5 nitrogen and oxygen atoms in total. The van der Waals surface area contributed by atoms with Gasteiger partial charge in [-0.1, -0.05) is 32.8 Å². The number of carbonyl (C=O) groups excluding carboxylic acids is 1. The minimum Gasteiger partial charge on any atom is -0.494 e. The first-order valence-electron chi connectivity index (χ1n) is 16.3. The van der Waals surface area contributed by atoms with Gasteiger partial charge in [0.25, 0.3) is 0 Å². The highest BCUT2D eigenvalue weighted by atomic mass is 19.4. The average Bonchev–Trinajstić information content (AvgIpc) is 3.31. The van der Waals surface area contributed by atoms with E-state index in [2.05, 4.69) is 36.8 Å². The molecule has 2 saturated carbocycles. The number of halogens is 9. The predicted molar refractivity (Wildman–Crippen MR) is 157 cm³/mol. The van der Waals surface area contributed by atoms with E-state index < -0.39 is 49.7 Å². The number of alkyl halides is 9. The van der Waals surface area contributed by atoms with Crippen molar-refractivity contribution in [2.24, 2.45) is 17.3 Å². The van der Waals surface area contributed by atoms with Gasteiger partial charge in [-0.2, -0.15) is 39.5 Å². The number of aryl methyl sites for hydroxylation is 1. The summed E-state index contributed by atoms with van der Waals surface area (Å²) in [4.78, 5) is 15.9. The van der Waals surface area contributed by atoms with Crippen molar-refractivity contribution in [1.82, 2.24) is 9.80 Å². The summed E-state index contributed by atoms with van der Waals surface area (Å²) in [6.07, 6.45) is -11.6.